The molecule has 5 nitrogen and oxygen atoms in total. The molecule has 1 aliphatic rings. The number of amides is 3. The summed E-state index contributed by atoms with van der Waals surface area (Å²) < 4.78 is 0. The molecule has 0 saturated carbocycles. The zero-order valence-corrected chi connectivity index (χ0v) is 17.8. The smallest absolute Gasteiger partial charge is 0.321 e. The van der Waals surface area contributed by atoms with Gasteiger partial charge in [0.15, 0.2) is 0 Å². The number of nitrogens with one attached hydrogen (secondary N) is 1. The van der Waals surface area contributed by atoms with Crippen LogP contribution in [0, 0.1) is 6.92 Å². The van der Waals surface area contributed by atoms with Crippen LogP contribution in [0.1, 0.15) is 27.0 Å². The largest absolute Gasteiger partial charge is 0.335 e. The lowest BCUT2D eigenvalue weighted by molar-refractivity contribution is 0.0670. The second kappa shape index (κ2) is 9.47. The molecule has 1 saturated heterocycles. The van der Waals surface area contributed by atoms with E-state index >= 15 is 0 Å². The van der Waals surface area contributed by atoms with Crippen LogP contribution < -0.4 is 5.32 Å². The number of anilines is 1. The summed E-state index contributed by atoms with van der Waals surface area (Å²) in [6, 6.07) is 25.6. The van der Waals surface area contributed by atoms with Gasteiger partial charge >= 0.3 is 6.03 Å². The molecule has 158 valence electrons. The van der Waals surface area contributed by atoms with E-state index in [2.05, 4.69) is 17.4 Å². The van der Waals surface area contributed by atoms with E-state index in [0.717, 1.165) is 28.8 Å². The summed E-state index contributed by atoms with van der Waals surface area (Å²) in [7, 11) is 0. The first-order valence-corrected chi connectivity index (χ1v) is 10.6. The molecular formula is C26H27N3O2. The lowest BCUT2D eigenvalue weighted by Gasteiger charge is -2.35. The topological polar surface area (TPSA) is 52.7 Å². The van der Waals surface area contributed by atoms with Gasteiger partial charge in [0.1, 0.15) is 0 Å². The van der Waals surface area contributed by atoms with Crippen LogP contribution in [0.25, 0.3) is 0 Å². The summed E-state index contributed by atoms with van der Waals surface area (Å²) >= 11 is 0. The first-order chi connectivity index (χ1) is 15.1. The monoisotopic (exact) mass is 413 g/mol. The molecule has 1 aliphatic heterocycles. The zero-order chi connectivity index (χ0) is 21.6. The van der Waals surface area contributed by atoms with Crippen LogP contribution in [0.4, 0.5) is 10.5 Å². The third-order valence-electron chi connectivity index (χ3n) is 5.61. The summed E-state index contributed by atoms with van der Waals surface area (Å²) in [5, 5.41) is 2.95. The number of carbonyl (C=O) groups is 2. The van der Waals surface area contributed by atoms with Gasteiger partial charge < -0.3 is 15.1 Å². The SMILES string of the molecule is Cc1cccc(NC(=O)N2CCN(C(=O)c3ccccc3Cc3ccccc3)CC2)c1. The minimum atomic E-state index is -0.123. The van der Waals surface area contributed by atoms with Gasteiger partial charge in [0.25, 0.3) is 5.91 Å². The van der Waals surface area contributed by atoms with Crippen molar-refractivity contribution in [1.82, 2.24) is 9.80 Å². The van der Waals surface area contributed by atoms with Gasteiger partial charge in [-0.2, -0.15) is 0 Å². The lowest BCUT2D eigenvalue weighted by atomic mass is 9.99. The Balaban J connectivity index is 1.38. The van der Waals surface area contributed by atoms with Crippen molar-refractivity contribution in [2.24, 2.45) is 0 Å². The van der Waals surface area contributed by atoms with Crippen molar-refractivity contribution in [3.63, 3.8) is 0 Å². The van der Waals surface area contributed by atoms with Gasteiger partial charge in [-0.05, 0) is 48.2 Å². The van der Waals surface area contributed by atoms with E-state index in [1.807, 2.05) is 78.6 Å². The van der Waals surface area contributed by atoms with Crippen molar-refractivity contribution in [2.75, 3.05) is 31.5 Å². The Hall–Kier alpha value is -3.60. The van der Waals surface area contributed by atoms with Crippen LogP contribution in [0.2, 0.25) is 0 Å². The molecule has 4 rings (SSSR count). The van der Waals surface area contributed by atoms with Gasteiger partial charge in [-0.15, -0.1) is 0 Å². The second-order valence-electron chi connectivity index (χ2n) is 7.90. The molecule has 3 aromatic carbocycles. The van der Waals surface area contributed by atoms with E-state index in [1.165, 1.54) is 5.56 Å². The number of piperazine rings is 1. The van der Waals surface area contributed by atoms with E-state index in [1.54, 1.807) is 4.90 Å². The minimum absolute atomic E-state index is 0.0327. The molecule has 3 amide bonds. The Morgan fingerprint density at radius 3 is 2.23 bits per heavy atom. The normalized spacial score (nSPS) is 13.7. The maximum absolute atomic E-state index is 13.2. The van der Waals surface area contributed by atoms with Gasteiger partial charge in [-0.3, -0.25) is 4.79 Å². The highest BCUT2D eigenvalue weighted by Gasteiger charge is 2.26. The van der Waals surface area contributed by atoms with Crippen molar-refractivity contribution >= 4 is 17.6 Å². The molecule has 0 unspecified atom stereocenters. The highest BCUT2D eigenvalue weighted by molar-refractivity contribution is 5.96. The number of benzene rings is 3. The minimum Gasteiger partial charge on any atom is -0.335 e. The van der Waals surface area contributed by atoms with E-state index in [0.29, 0.717) is 26.2 Å². The molecule has 1 fully saturated rings. The maximum Gasteiger partial charge on any atom is 0.321 e. The number of hydrogen-bond acceptors (Lipinski definition) is 2. The Labute approximate surface area is 183 Å². The Morgan fingerprint density at radius 2 is 1.48 bits per heavy atom. The van der Waals surface area contributed by atoms with Crippen LogP contribution in [0.5, 0.6) is 0 Å². The molecule has 1 heterocycles. The molecule has 0 bridgehead atoms. The number of carbonyl (C=O) groups excluding carboxylic acids is 2. The van der Waals surface area contributed by atoms with Gasteiger partial charge in [0.2, 0.25) is 0 Å². The molecule has 5 heteroatoms. The number of rotatable bonds is 4. The average molecular weight is 414 g/mol. The maximum atomic E-state index is 13.2. The average Bonchev–Trinajstić information content (AvgIpc) is 2.80. The summed E-state index contributed by atoms with van der Waals surface area (Å²) in [5.74, 6) is 0.0327. The lowest BCUT2D eigenvalue weighted by Crippen LogP contribution is -2.51. The fourth-order valence-corrected chi connectivity index (χ4v) is 3.91. The zero-order valence-electron chi connectivity index (χ0n) is 17.8. The Bertz CT molecular complexity index is 1060. The third kappa shape index (κ3) is 5.12. The van der Waals surface area contributed by atoms with Crippen molar-refractivity contribution in [1.29, 1.82) is 0 Å². The van der Waals surface area contributed by atoms with E-state index in [-0.39, 0.29) is 11.9 Å². The molecular weight excluding hydrogens is 386 g/mol. The highest BCUT2D eigenvalue weighted by Crippen LogP contribution is 2.18. The first-order valence-electron chi connectivity index (χ1n) is 10.6. The summed E-state index contributed by atoms with van der Waals surface area (Å²) in [6.45, 7) is 4.09. The third-order valence-corrected chi connectivity index (χ3v) is 5.61. The van der Waals surface area contributed by atoms with Crippen LogP contribution in [-0.4, -0.2) is 47.9 Å². The summed E-state index contributed by atoms with van der Waals surface area (Å²) in [6.07, 6.45) is 0.724. The Morgan fingerprint density at radius 1 is 0.806 bits per heavy atom. The quantitative estimate of drug-likeness (QED) is 0.681. The molecule has 0 aliphatic carbocycles. The van der Waals surface area contributed by atoms with Gasteiger partial charge in [-0.25, -0.2) is 4.79 Å². The molecule has 0 radical (unpaired) electrons. The van der Waals surface area contributed by atoms with Gasteiger partial charge in [0, 0.05) is 37.4 Å². The van der Waals surface area contributed by atoms with E-state index < -0.39 is 0 Å². The highest BCUT2D eigenvalue weighted by atomic mass is 16.2. The summed E-state index contributed by atoms with van der Waals surface area (Å²) in [4.78, 5) is 29.4. The number of urea groups is 1. The standard InChI is InChI=1S/C26H27N3O2/c1-20-8-7-12-23(18-20)27-26(31)29-16-14-28(15-17-29)25(30)24-13-6-5-11-22(24)19-21-9-3-2-4-10-21/h2-13,18H,14-17,19H2,1H3,(H,27,31). The van der Waals surface area contributed by atoms with Crippen molar-refractivity contribution in [3.8, 4) is 0 Å². The number of nitrogens with zero attached hydrogens (tertiary/aromatic N) is 2. The van der Waals surface area contributed by atoms with E-state index in [4.69, 9.17) is 0 Å². The molecule has 31 heavy (non-hydrogen) atoms. The number of aryl methyl sites for hydroxylation is 1. The van der Waals surface area contributed by atoms with E-state index in [9.17, 15) is 9.59 Å². The van der Waals surface area contributed by atoms with Crippen molar-refractivity contribution < 1.29 is 9.59 Å². The molecule has 0 spiro atoms. The van der Waals surface area contributed by atoms with Gasteiger partial charge in [-0.1, -0.05) is 60.7 Å². The van der Waals surface area contributed by atoms with Gasteiger partial charge in [0.05, 0.1) is 0 Å². The van der Waals surface area contributed by atoms with Crippen LogP contribution >= 0.6 is 0 Å². The molecule has 1 N–H and O–H groups in total. The van der Waals surface area contributed by atoms with Crippen molar-refractivity contribution in [3.05, 3.63) is 101 Å². The second-order valence-corrected chi connectivity index (χ2v) is 7.90. The summed E-state index contributed by atoms with van der Waals surface area (Å²) in [5.41, 5.74) is 4.84. The molecule has 0 aromatic heterocycles. The predicted molar refractivity (Wildman–Crippen MR) is 123 cm³/mol. The fourth-order valence-electron chi connectivity index (χ4n) is 3.91. The number of hydrogen-bond donors (Lipinski definition) is 1. The van der Waals surface area contributed by atoms with Crippen LogP contribution in [0.3, 0.4) is 0 Å². The predicted octanol–water partition coefficient (Wildman–Crippen LogP) is 4.58. The van der Waals surface area contributed by atoms with Crippen molar-refractivity contribution in [2.45, 2.75) is 13.3 Å². The molecule has 0 atom stereocenters. The van der Waals surface area contributed by atoms with Crippen LogP contribution in [0.15, 0.2) is 78.9 Å². The molecule has 3 aromatic rings. The Kier molecular flexibility index (Phi) is 6.32. The van der Waals surface area contributed by atoms with Crippen LogP contribution in [-0.2, 0) is 6.42 Å². The fraction of sp³-hybridized carbons (Fsp3) is 0.231. The first kappa shape index (κ1) is 20.7.